The average Bonchev–Trinajstić information content (AvgIpc) is 3.00. The Morgan fingerprint density at radius 1 is 1.23 bits per heavy atom. The molecule has 3 unspecified atom stereocenters. The van der Waals surface area contributed by atoms with Crippen molar-refractivity contribution in [3.8, 4) is 0 Å². The van der Waals surface area contributed by atoms with Crippen molar-refractivity contribution >= 4 is 11.8 Å². The van der Waals surface area contributed by atoms with Gasteiger partial charge in [-0.15, -0.1) is 0 Å². The molecule has 3 atom stereocenters. The molecule has 1 rings (SSSR count). The van der Waals surface area contributed by atoms with Crippen LogP contribution in [0.15, 0.2) is 23.8 Å². The van der Waals surface area contributed by atoms with Gasteiger partial charge in [-0.2, -0.15) is 0 Å². The summed E-state index contributed by atoms with van der Waals surface area (Å²) < 4.78 is 4.60. The van der Waals surface area contributed by atoms with Crippen LogP contribution in [-0.4, -0.2) is 41.3 Å². The Labute approximate surface area is 157 Å². The van der Waals surface area contributed by atoms with E-state index in [1.165, 1.54) is 7.11 Å². The van der Waals surface area contributed by atoms with Crippen molar-refractivity contribution in [2.24, 2.45) is 5.92 Å². The predicted molar refractivity (Wildman–Crippen MR) is 102 cm³/mol. The van der Waals surface area contributed by atoms with Gasteiger partial charge >= 0.3 is 5.97 Å². The number of hydrogen-bond acceptors (Lipinski definition) is 5. The number of unbranched alkanes of at least 4 members (excludes halogenated alkanes) is 4. The molecule has 26 heavy (non-hydrogen) atoms. The number of carbonyl (C=O) groups is 2. The number of rotatable bonds is 13. The maximum absolute atomic E-state index is 12.1. The zero-order valence-electron chi connectivity index (χ0n) is 16.2. The topological polar surface area (TPSA) is 83.8 Å². The first-order valence-electron chi connectivity index (χ1n) is 9.83. The lowest BCUT2D eigenvalue weighted by atomic mass is 9.90. The van der Waals surface area contributed by atoms with E-state index in [2.05, 4.69) is 11.7 Å². The monoisotopic (exact) mass is 366 g/mol. The van der Waals surface area contributed by atoms with Gasteiger partial charge in [0.1, 0.15) is 5.78 Å². The molecule has 2 N–H and O–H groups in total. The zero-order chi connectivity index (χ0) is 19.4. The highest BCUT2D eigenvalue weighted by molar-refractivity contribution is 5.89. The average molecular weight is 366 g/mol. The summed E-state index contributed by atoms with van der Waals surface area (Å²) in [5.41, 5.74) is 0.812. The summed E-state index contributed by atoms with van der Waals surface area (Å²) in [4.78, 5) is 23.2. The number of methoxy groups -OCH3 is 1. The van der Waals surface area contributed by atoms with Gasteiger partial charge in [-0.3, -0.25) is 9.59 Å². The number of hydrogen-bond donors (Lipinski definition) is 2. The Balaban J connectivity index is 2.41. The van der Waals surface area contributed by atoms with Crippen molar-refractivity contribution in [1.29, 1.82) is 0 Å². The minimum atomic E-state index is -0.712. The molecule has 0 fully saturated rings. The molecule has 0 aromatic rings. The number of esters is 1. The second-order valence-corrected chi connectivity index (χ2v) is 7.02. The number of ether oxygens (including phenoxy) is 1. The zero-order valence-corrected chi connectivity index (χ0v) is 16.2. The summed E-state index contributed by atoms with van der Waals surface area (Å²) in [5.74, 6) is -0.675. The van der Waals surface area contributed by atoms with Crippen LogP contribution in [-0.2, 0) is 14.3 Å². The molecule has 5 nitrogen and oxygen atoms in total. The summed E-state index contributed by atoms with van der Waals surface area (Å²) in [6.07, 6.45) is 11.7. The molecule has 0 heterocycles. The van der Waals surface area contributed by atoms with Gasteiger partial charge in [0.2, 0.25) is 0 Å². The van der Waals surface area contributed by atoms with Crippen LogP contribution in [0.1, 0.15) is 71.1 Å². The molecule has 5 heteroatoms. The van der Waals surface area contributed by atoms with Crippen molar-refractivity contribution in [1.82, 2.24) is 0 Å². The minimum absolute atomic E-state index is 0.0344. The number of aliphatic hydroxyl groups is 2. The fourth-order valence-electron chi connectivity index (χ4n) is 3.26. The van der Waals surface area contributed by atoms with Crippen LogP contribution in [0, 0.1) is 5.92 Å². The summed E-state index contributed by atoms with van der Waals surface area (Å²) in [5, 5.41) is 20.4. The Bertz CT molecular complexity index is 495. The van der Waals surface area contributed by atoms with Gasteiger partial charge in [0.15, 0.2) is 0 Å². The largest absolute Gasteiger partial charge is 0.469 e. The van der Waals surface area contributed by atoms with E-state index in [4.69, 9.17) is 0 Å². The summed E-state index contributed by atoms with van der Waals surface area (Å²) >= 11 is 0. The number of aliphatic hydroxyl groups excluding tert-OH is 2. The Kier molecular flexibility index (Phi) is 11.1. The van der Waals surface area contributed by atoms with E-state index in [-0.39, 0.29) is 11.8 Å². The van der Waals surface area contributed by atoms with Crippen molar-refractivity contribution in [3.63, 3.8) is 0 Å². The lowest BCUT2D eigenvalue weighted by molar-refractivity contribution is -0.140. The van der Waals surface area contributed by atoms with Gasteiger partial charge in [-0.1, -0.05) is 57.3 Å². The first kappa shape index (κ1) is 22.6. The van der Waals surface area contributed by atoms with Crippen LogP contribution in [0.4, 0.5) is 0 Å². The second kappa shape index (κ2) is 12.8. The third-order valence-electron chi connectivity index (χ3n) is 4.85. The van der Waals surface area contributed by atoms with Crippen molar-refractivity contribution in [2.45, 2.75) is 83.3 Å². The number of allylic oxidation sites excluding steroid dienone is 2. The maximum atomic E-state index is 12.1. The van der Waals surface area contributed by atoms with E-state index in [0.29, 0.717) is 19.3 Å². The van der Waals surface area contributed by atoms with Crippen molar-refractivity contribution < 1.29 is 24.5 Å². The fraction of sp³-hybridized carbons (Fsp3) is 0.714. The molecule has 0 spiro atoms. The molecule has 1 aliphatic rings. The summed E-state index contributed by atoms with van der Waals surface area (Å²) in [7, 11) is 1.37. The molecule has 1 aliphatic carbocycles. The molecule has 0 aliphatic heterocycles. The first-order chi connectivity index (χ1) is 12.5. The summed E-state index contributed by atoms with van der Waals surface area (Å²) in [6, 6.07) is 0. The molecule has 0 amide bonds. The fourth-order valence-corrected chi connectivity index (χ4v) is 3.26. The highest BCUT2D eigenvalue weighted by atomic mass is 16.5. The van der Waals surface area contributed by atoms with Crippen LogP contribution < -0.4 is 0 Å². The minimum Gasteiger partial charge on any atom is -0.469 e. The standard InChI is InChI=1S/C21H34O5/c1-3-4-6-9-17(22)14-12-16-13-15-19(24)21(16)18(23)10-7-5-8-11-20(25)26-2/h12-14,17-18,21-23H,3-11,15H2,1-2H3. The molecule has 0 saturated carbocycles. The van der Waals surface area contributed by atoms with Crippen molar-refractivity contribution in [2.75, 3.05) is 7.11 Å². The lowest BCUT2D eigenvalue weighted by Gasteiger charge is -2.19. The number of carbonyl (C=O) groups excluding carboxylic acids is 2. The second-order valence-electron chi connectivity index (χ2n) is 7.02. The van der Waals surface area contributed by atoms with E-state index >= 15 is 0 Å². The molecular formula is C21H34O5. The Morgan fingerprint density at radius 2 is 1.96 bits per heavy atom. The third kappa shape index (κ3) is 8.28. The SMILES string of the molecule is CCCCCC(O)C=CC1=CCC(=O)C1C(O)CCCCCC(=O)OC. The maximum Gasteiger partial charge on any atom is 0.305 e. The molecule has 148 valence electrons. The van der Waals surface area contributed by atoms with E-state index in [0.717, 1.165) is 50.5 Å². The molecule has 0 radical (unpaired) electrons. The highest BCUT2D eigenvalue weighted by Gasteiger charge is 2.32. The lowest BCUT2D eigenvalue weighted by Crippen LogP contribution is -2.26. The van der Waals surface area contributed by atoms with Gasteiger partial charge in [-0.05, 0) is 24.8 Å². The molecule has 0 aromatic heterocycles. The quantitative estimate of drug-likeness (QED) is 0.385. The van der Waals surface area contributed by atoms with E-state index < -0.39 is 18.1 Å². The van der Waals surface area contributed by atoms with Crippen molar-refractivity contribution in [3.05, 3.63) is 23.8 Å². The predicted octanol–water partition coefficient (Wildman–Crippen LogP) is 3.48. The van der Waals surface area contributed by atoms with E-state index in [1.54, 1.807) is 12.2 Å². The van der Waals surface area contributed by atoms with Gasteiger partial charge in [0.05, 0.1) is 25.2 Å². The van der Waals surface area contributed by atoms with Crippen LogP contribution in [0.25, 0.3) is 0 Å². The molecule has 0 saturated heterocycles. The molecular weight excluding hydrogens is 332 g/mol. The third-order valence-corrected chi connectivity index (χ3v) is 4.85. The molecule has 0 aromatic carbocycles. The van der Waals surface area contributed by atoms with Crippen LogP contribution in [0.5, 0.6) is 0 Å². The van der Waals surface area contributed by atoms with Gasteiger partial charge in [-0.25, -0.2) is 0 Å². The highest BCUT2D eigenvalue weighted by Crippen LogP contribution is 2.29. The number of Topliss-reactive ketones (excluding diaryl/α,β-unsaturated/α-hetero) is 1. The number of ketones is 1. The van der Waals surface area contributed by atoms with E-state index in [9.17, 15) is 19.8 Å². The Hall–Kier alpha value is -1.46. The van der Waals surface area contributed by atoms with E-state index in [1.807, 2.05) is 6.08 Å². The van der Waals surface area contributed by atoms with Crippen LogP contribution in [0.3, 0.4) is 0 Å². The van der Waals surface area contributed by atoms with Gasteiger partial charge in [0, 0.05) is 12.8 Å². The Morgan fingerprint density at radius 3 is 2.65 bits per heavy atom. The smallest absolute Gasteiger partial charge is 0.305 e. The van der Waals surface area contributed by atoms with Crippen LogP contribution >= 0.6 is 0 Å². The first-order valence-corrected chi connectivity index (χ1v) is 9.83. The van der Waals surface area contributed by atoms with Gasteiger partial charge in [0.25, 0.3) is 0 Å². The summed E-state index contributed by atoms with van der Waals surface area (Å²) in [6.45, 7) is 2.12. The van der Waals surface area contributed by atoms with Crippen LogP contribution in [0.2, 0.25) is 0 Å². The molecule has 0 bridgehead atoms. The van der Waals surface area contributed by atoms with Gasteiger partial charge < -0.3 is 14.9 Å². The normalized spacial score (nSPS) is 19.6.